The van der Waals surface area contributed by atoms with Crippen LogP contribution in [0.4, 0.5) is 4.79 Å². The molecule has 76 valence electrons. The molecule has 0 rings (SSSR count). The Balaban J connectivity index is 0. The van der Waals surface area contributed by atoms with Gasteiger partial charge < -0.3 is 4.48 Å². The van der Waals surface area contributed by atoms with E-state index in [9.17, 15) is 4.79 Å². The maximum atomic E-state index is 10.1. The van der Waals surface area contributed by atoms with Crippen molar-refractivity contribution in [2.24, 2.45) is 5.73 Å². The number of hydrogen-bond acceptors (Lipinski definition) is 1. The molecule has 0 radical (unpaired) electrons. The molecule has 0 atom stereocenters. The van der Waals surface area contributed by atoms with E-state index in [-0.39, 0.29) is 17.0 Å². The second kappa shape index (κ2) is 6.87. The summed E-state index contributed by atoms with van der Waals surface area (Å²) in [6.45, 7) is 1.04. The van der Waals surface area contributed by atoms with Crippen LogP contribution in [0.15, 0.2) is 0 Å². The van der Waals surface area contributed by atoms with Gasteiger partial charge >= 0.3 is 6.03 Å². The van der Waals surface area contributed by atoms with Gasteiger partial charge in [0, 0.05) is 6.42 Å². The number of unbranched alkanes of at least 4 members (excludes halogenated alkanes) is 1. The summed E-state index contributed by atoms with van der Waals surface area (Å²) in [6, 6.07) is 1.93. The predicted molar refractivity (Wildman–Crippen MR) is 59.3 cm³/mol. The molecule has 0 aliphatic carbocycles. The quantitative estimate of drug-likeness (QED) is 0.600. The van der Waals surface area contributed by atoms with Crippen molar-refractivity contribution < 1.29 is 9.28 Å². The summed E-state index contributed by atoms with van der Waals surface area (Å²) < 4.78 is 0.915. The Labute approximate surface area is 89.9 Å². The Hall–Kier alpha value is -0.600. The Morgan fingerprint density at radius 1 is 1.46 bits per heavy atom. The van der Waals surface area contributed by atoms with Crippen molar-refractivity contribution in [1.29, 1.82) is 0 Å². The summed E-state index contributed by atoms with van der Waals surface area (Å²) in [6.07, 6.45) is 1.67. The molecule has 4 nitrogen and oxygen atoms in total. The molecule has 2 N–H and O–H groups in total. The van der Waals surface area contributed by atoms with Crippen LogP contribution in [-0.4, -0.2) is 38.2 Å². The molecule has 0 spiro atoms. The monoisotopic (exact) mass is 251 g/mol. The van der Waals surface area contributed by atoms with E-state index >= 15 is 0 Å². The standard InChI is InChI=1S/C8H16N3O.BrH/c1-11(2,3)7-5-4-6-10-8(9)12;/h4-5,7H2,1-3H3,(H-,9,12);1H/q+1;/p+1. The second-order valence-electron chi connectivity index (χ2n) is 3.73. The van der Waals surface area contributed by atoms with E-state index in [0.717, 1.165) is 17.4 Å². The van der Waals surface area contributed by atoms with Gasteiger partial charge in [-0.3, -0.25) is 0 Å². The van der Waals surface area contributed by atoms with Gasteiger partial charge in [-0.05, 0) is 0 Å². The molecule has 0 unspecified atom stereocenters. The smallest absolute Gasteiger partial charge is 0.331 e. The fraction of sp³-hybridized carbons (Fsp3) is 0.750. The number of urea groups is 1. The number of quaternary nitrogens is 1. The van der Waals surface area contributed by atoms with E-state index in [1.807, 2.05) is 0 Å². The molecule has 0 aromatic heterocycles. The highest BCUT2D eigenvalue weighted by Gasteiger charge is 2.05. The topological polar surface area (TPSA) is 47.5 Å². The van der Waals surface area contributed by atoms with Gasteiger partial charge in [0.05, 0.1) is 34.1 Å². The highest BCUT2D eigenvalue weighted by molar-refractivity contribution is 8.93. The number of rotatable bonds is 3. The zero-order valence-corrected chi connectivity index (χ0v) is 10.1. The molecular weight excluding hydrogens is 234 g/mol. The minimum atomic E-state index is -0.666. The van der Waals surface area contributed by atoms with Crippen LogP contribution in [0.3, 0.4) is 0 Å². The molecule has 0 bridgehead atoms. The maximum absolute atomic E-state index is 10.1. The summed E-state index contributed by atoms with van der Waals surface area (Å²) in [7, 11) is 6.35. The first-order valence-corrected chi connectivity index (χ1v) is 3.95. The van der Waals surface area contributed by atoms with Crippen molar-refractivity contribution in [3.8, 4) is 6.07 Å². The van der Waals surface area contributed by atoms with E-state index in [4.69, 9.17) is 5.73 Å². The van der Waals surface area contributed by atoms with Crippen LogP contribution in [0.25, 0.3) is 4.85 Å². The highest BCUT2D eigenvalue weighted by atomic mass is 79.9. The summed E-state index contributed by atoms with van der Waals surface area (Å²) in [4.78, 5) is 13.5. The lowest BCUT2D eigenvalue weighted by Crippen LogP contribution is -2.35. The van der Waals surface area contributed by atoms with Crippen molar-refractivity contribution in [1.82, 2.24) is 0 Å². The van der Waals surface area contributed by atoms with Crippen LogP contribution in [0.1, 0.15) is 12.8 Å². The van der Waals surface area contributed by atoms with E-state index in [2.05, 4.69) is 32.1 Å². The minimum absolute atomic E-state index is 0. The molecule has 0 saturated heterocycles. The van der Waals surface area contributed by atoms with Gasteiger partial charge in [0.15, 0.2) is 6.07 Å². The molecule has 13 heavy (non-hydrogen) atoms. The lowest BCUT2D eigenvalue weighted by Gasteiger charge is -2.22. The highest BCUT2D eigenvalue weighted by Crippen LogP contribution is 1.96. The van der Waals surface area contributed by atoms with Gasteiger partial charge in [0.1, 0.15) is 0 Å². The number of carbonyl (C=O) groups excluding carboxylic acids is 1. The molecule has 2 amide bonds. The largest absolute Gasteiger partial charge is 0.595 e. The van der Waals surface area contributed by atoms with Gasteiger partial charge in [-0.25, -0.2) is 5.73 Å². The van der Waals surface area contributed by atoms with Gasteiger partial charge in [0.2, 0.25) is 0 Å². The number of nitrogens with zero attached hydrogens (tertiary/aromatic N) is 2. The lowest BCUT2D eigenvalue weighted by atomic mass is 10.3. The molecule has 0 heterocycles. The predicted octanol–water partition coefficient (Wildman–Crippen LogP) is 1.46. The van der Waals surface area contributed by atoms with Crippen molar-refractivity contribution in [2.45, 2.75) is 12.8 Å². The fourth-order valence-electron chi connectivity index (χ4n) is 0.766. The van der Waals surface area contributed by atoms with Crippen LogP contribution < -0.4 is 5.73 Å². The number of carbonyl (C=O) groups is 1. The second-order valence-corrected chi connectivity index (χ2v) is 3.73. The maximum Gasteiger partial charge on any atom is 0.595 e. The van der Waals surface area contributed by atoms with Crippen LogP contribution >= 0.6 is 17.0 Å². The molecule has 0 fully saturated rings. The molecule has 0 aromatic rings. The summed E-state index contributed by atoms with van der Waals surface area (Å²) in [5.74, 6) is 0. The Morgan fingerprint density at radius 3 is 2.38 bits per heavy atom. The SMILES string of the molecule is Br.C[N+](C)(C)CCCC#[N+]C(N)=O. The Bertz CT molecular complexity index is 212. The summed E-state index contributed by atoms with van der Waals surface area (Å²) in [5.41, 5.74) is 4.79. The minimum Gasteiger partial charge on any atom is -0.331 e. The zero-order chi connectivity index (χ0) is 9.61. The number of amides is 2. The van der Waals surface area contributed by atoms with E-state index in [1.165, 1.54) is 0 Å². The van der Waals surface area contributed by atoms with Crippen molar-refractivity contribution in [3.05, 3.63) is 4.85 Å². The van der Waals surface area contributed by atoms with Crippen molar-refractivity contribution in [2.75, 3.05) is 27.7 Å². The third kappa shape index (κ3) is 14.3. The van der Waals surface area contributed by atoms with Gasteiger partial charge in [-0.15, -0.1) is 21.8 Å². The third-order valence-corrected chi connectivity index (χ3v) is 1.31. The van der Waals surface area contributed by atoms with E-state index < -0.39 is 6.03 Å². The summed E-state index contributed by atoms with van der Waals surface area (Å²) in [5, 5.41) is 0. The first-order chi connectivity index (χ1) is 5.42. The number of nitrogens with two attached hydrogens (primary N) is 1. The Morgan fingerprint density at radius 2 is 2.00 bits per heavy atom. The average Bonchev–Trinajstić information content (AvgIpc) is 1.83. The molecule has 5 heteroatoms. The molecule has 0 saturated carbocycles. The normalized spacial score (nSPS) is 9.46. The number of primary amides is 1. The van der Waals surface area contributed by atoms with Crippen molar-refractivity contribution in [3.63, 3.8) is 0 Å². The summed E-state index contributed by atoms with van der Waals surface area (Å²) >= 11 is 0. The number of halogens is 1. The van der Waals surface area contributed by atoms with Crippen LogP contribution in [0, 0.1) is 6.07 Å². The fourth-order valence-corrected chi connectivity index (χ4v) is 0.766. The van der Waals surface area contributed by atoms with E-state index in [0.29, 0.717) is 6.42 Å². The van der Waals surface area contributed by atoms with Crippen LogP contribution in [0.5, 0.6) is 0 Å². The zero-order valence-electron chi connectivity index (χ0n) is 8.41. The third-order valence-electron chi connectivity index (χ3n) is 1.31. The first-order valence-electron chi connectivity index (χ1n) is 3.95. The van der Waals surface area contributed by atoms with Crippen LogP contribution in [-0.2, 0) is 0 Å². The molecular formula is C8H18BrN3O+2. The molecule has 0 aromatic carbocycles. The van der Waals surface area contributed by atoms with Gasteiger partial charge in [0.25, 0.3) is 0 Å². The van der Waals surface area contributed by atoms with Gasteiger partial charge in [-0.1, -0.05) is 0 Å². The molecule has 0 aliphatic heterocycles. The lowest BCUT2D eigenvalue weighted by molar-refractivity contribution is -0.870. The Kier molecular flexibility index (Phi) is 7.87. The molecule has 0 aliphatic rings. The van der Waals surface area contributed by atoms with Crippen LogP contribution in [0.2, 0.25) is 0 Å². The van der Waals surface area contributed by atoms with Gasteiger partial charge in [-0.2, -0.15) is 4.79 Å². The first kappa shape index (κ1) is 14.9. The average molecular weight is 252 g/mol. The van der Waals surface area contributed by atoms with Crippen molar-refractivity contribution >= 4 is 23.0 Å². The van der Waals surface area contributed by atoms with E-state index in [1.54, 1.807) is 0 Å². The number of hydrogen-bond donors (Lipinski definition) is 1.